The zero-order valence-corrected chi connectivity index (χ0v) is 17.8. The summed E-state index contributed by atoms with van der Waals surface area (Å²) in [6.07, 6.45) is -1.77. The number of fused-ring (bicyclic) bond motifs is 1. The van der Waals surface area contributed by atoms with Crippen LogP contribution in [0.4, 0.5) is 13.2 Å². The predicted molar refractivity (Wildman–Crippen MR) is 117 cm³/mol. The fourth-order valence-corrected chi connectivity index (χ4v) is 3.48. The molecule has 7 heteroatoms. The second kappa shape index (κ2) is 10.0. The third-order valence-electron chi connectivity index (χ3n) is 5.16. The van der Waals surface area contributed by atoms with Crippen molar-refractivity contribution in [3.05, 3.63) is 71.4 Å². The molecule has 2 N–H and O–H groups in total. The van der Waals surface area contributed by atoms with Crippen LogP contribution in [0.3, 0.4) is 0 Å². The number of aromatic nitrogens is 1. The fourth-order valence-electron chi connectivity index (χ4n) is 3.48. The summed E-state index contributed by atoms with van der Waals surface area (Å²) in [5, 5.41) is 4.27. The lowest BCUT2D eigenvalue weighted by Crippen LogP contribution is -2.39. The highest BCUT2D eigenvalue weighted by Gasteiger charge is 2.30. The molecular weight excluding hydrogens is 403 g/mol. The maximum atomic E-state index is 12.9. The van der Waals surface area contributed by atoms with Crippen molar-refractivity contribution in [3.63, 3.8) is 0 Å². The first-order valence-electron chi connectivity index (χ1n) is 10.4. The maximum absolute atomic E-state index is 12.9. The lowest BCUT2D eigenvalue weighted by atomic mass is 10.1. The Morgan fingerprint density at radius 3 is 2.48 bits per heavy atom. The molecular formula is C24H28F3N3O. The van der Waals surface area contributed by atoms with E-state index in [4.69, 9.17) is 0 Å². The summed E-state index contributed by atoms with van der Waals surface area (Å²) in [5.41, 5.74) is 2.13. The average molecular weight is 432 g/mol. The van der Waals surface area contributed by atoms with Crippen molar-refractivity contribution in [1.82, 2.24) is 15.2 Å². The Balaban J connectivity index is 1.71. The SMILES string of the molecule is CC(C)CNCC(=O)N(CCc1c[nH]c2ccccc12)Cc1ccc(C(F)(F)F)cc1. The average Bonchev–Trinajstić information content (AvgIpc) is 3.13. The molecule has 3 aromatic rings. The summed E-state index contributed by atoms with van der Waals surface area (Å²) in [5.74, 6) is 0.350. The fraction of sp³-hybridized carbons (Fsp3) is 0.375. The van der Waals surface area contributed by atoms with Gasteiger partial charge < -0.3 is 15.2 Å². The number of hydrogen-bond acceptors (Lipinski definition) is 2. The van der Waals surface area contributed by atoms with Crippen LogP contribution in [0.1, 0.15) is 30.5 Å². The molecule has 0 saturated heterocycles. The number of amides is 1. The second-order valence-electron chi connectivity index (χ2n) is 8.14. The van der Waals surface area contributed by atoms with E-state index in [1.165, 1.54) is 12.1 Å². The van der Waals surface area contributed by atoms with Crippen molar-refractivity contribution in [1.29, 1.82) is 0 Å². The van der Waals surface area contributed by atoms with Gasteiger partial charge in [-0.25, -0.2) is 0 Å². The lowest BCUT2D eigenvalue weighted by Gasteiger charge is -2.24. The van der Waals surface area contributed by atoms with E-state index in [2.05, 4.69) is 24.1 Å². The summed E-state index contributed by atoms with van der Waals surface area (Å²) < 4.78 is 38.5. The van der Waals surface area contributed by atoms with Gasteiger partial charge in [0, 0.05) is 30.2 Å². The molecule has 0 spiro atoms. The van der Waals surface area contributed by atoms with Crippen LogP contribution in [-0.4, -0.2) is 35.4 Å². The monoisotopic (exact) mass is 431 g/mol. The molecule has 166 valence electrons. The molecule has 0 fully saturated rings. The molecule has 2 aromatic carbocycles. The molecule has 1 aromatic heterocycles. The van der Waals surface area contributed by atoms with Crippen LogP contribution < -0.4 is 5.32 Å². The number of rotatable bonds is 9. The minimum atomic E-state index is -4.37. The van der Waals surface area contributed by atoms with Gasteiger partial charge in [0.2, 0.25) is 5.91 Å². The van der Waals surface area contributed by atoms with Crippen LogP contribution in [0.2, 0.25) is 0 Å². The first kappa shape index (κ1) is 22.9. The van der Waals surface area contributed by atoms with Gasteiger partial charge in [-0.3, -0.25) is 4.79 Å². The Morgan fingerprint density at radius 2 is 1.81 bits per heavy atom. The number of nitrogens with one attached hydrogen (secondary N) is 2. The summed E-state index contributed by atoms with van der Waals surface area (Å²) in [6, 6.07) is 13.0. The Morgan fingerprint density at radius 1 is 1.10 bits per heavy atom. The van der Waals surface area contributed by atoms with Gasteiger partial charge in [0.25, 0.3) is 0 Å². The topological polar surface area (TPSA) is 48.1 Å². The molecule has 3 rings (SSSR count). The quantitative estimate of drug-likeness (QED) is 0.501. The van der Waals surface area contributed by atoms with Gasteiger partial charge in [0.1, 0.15) is 0 Å². The van der Waals surface area contributed by atoms with Crippen LogP contribution in [0.5, 0.6) is 0 Å². The third kappa shape index (κ3) is 6.34. The first-order valence-corrected chi connectivity index (χ1v) is 10.4. The number of hydrogen-bond donors (Lipinski definition) is 2. The molecule has 0 aliphatic rings. The van der Waals surface area contributed by atoms with E-state index < -0.39 is 11.7 Å². The minimum absolute atomic E-state index is 0.0691. The molecule has 4 nitrogen and oxygen atoms in total. The van der Waals surface area contributed by atoms with E-state index in [-0.39, 0.29) is 19.0 Å². The Bertz CT molecular complexity index is 993. The summed E-state index contributed by atoms with van der Waals surface area (Å²) in [6.45, 7) is 5.80. The van der Waals surface area contributed by atoms with Gasteiger partial charge >= 0.3 is 6.18 Å². The molecule has 31 heavy (non-hydrogen) atoms. The molecule has 0 atom stereocenters. The van der Waals surface area contributed by atoms with Crippen molar-refractivity contribution in [2.45, 2.75) is 33.0 Å². The number of benzene rings is 2. The number of carbonyl (C=O) groups is 1. The van der Waals surface area contributed by atoms with Crippen molar-refractivity contribution in [3.8, 4) is 0 Å². The number of alkyl halides is 3. The first-order chi connectivity index (χ1) is 14.7. The van der Waals surface area contributed by atoms with Crippen molar-refractivity contribution < 1.29 is 18.0 Å². The Hall–Kier alpha value is -2.80. The summed E-state index contributed by atoms with van der Waals surface area (Å²) in [4.78, 5) is 17.8. The smallest absolute Gasteiger partial charge is 0.361 e. The highest BCUT2D eigenvalue weighted by molar-refractivity contribution is 5.83. The molecule has 1 amide bonds. The van der Waals surface area contributed by atoms with Gasteiger partial charge in [0.15, 0.2) is 0 Å². The van der Waals surface area contributed by atoms with E-state index in [0.29, 0.717) is 24.4 Å². The zero-order chi connectivity index (χ0) is 22.4. The summed E-state index contributed by atoms with van der Waals surface area (Å²) >= 11 is 0. The van der Waals surface area contributed by atoms with E-state index in [9.17, 15) is 18.0 Å². The molecule has 0 aliphatic carbocycles. The van der Waals surface area contributed by atoms with Crippen LogP contribution >= 0.6 is 0 Å². The van der Waals surface area contributed by atoms with E-state index >= 15 is 0 Å². The van der Waals surface area contributed by atoms with E-state index in [1.54, 1.807) is 4.90 Å². The van der Waals surface area contributed by atoms with Crippen LogP contribution in [-0.2, 0) is 23.9 Å². The second-order valence-corrected chi connectivity index (χ2v) is 8.14. The van der Waals surface area contributed by atoms with Gasteiger partial charge in [-0.15, -0.1) is 0 Å². The molecule has 0 unspecified atom stereocenters. The van der Waals surface area contributed by atoms with E-state index in [0.717, 1.165) is 35.1 Å². The van der Waals surface area contributed by atoms with Crippen LogP contribution in [0, 0.1) is 5.92 Å². The van der Waals surface area contributed by atoms with Crippen LogP contribution in [0.25, 0.3) is 10.9 Å². The number of para-hydroxylation sites is 1. The number of nitrogens with zero attached hydrogens (tertiary/aromatic N) is 1. The Kier molecular flexibility index (Phi) is 7.38. The normalized spacial score (nSPS) is 11.9. The highest BCUT2D eigenvalue weighted by Crippen LogP contribution is 2.29. The molecule has 0 radical (unpaired) electrons. The van der Waals surface area contributed by atoms with Crippen LogP contribution in [0.15, 0.2) is 54.7 Å². The van der Waals surface area contributed by atoms with Gasteiger partial charge in [0.05, 0.1) is 12.1 Å². The molecule has 0 aliphatic heterocycles. The highest BCUT2D eigenvalue weighted by atomic mass is 19.4. The van der Waals surface area contributed by atoms with Crippen molar-refractivity contribution in [2.24, 2.45) is 5.92 Å². The standard InChI is InChI=1S/C24H28F3N3O/c1-17(2)13-28-15-23(31)30(16-18-7-9-20(10-8-18)24(25,26)27)12-11-19-14-29-22-6-4-3-5-21(19)22/h3-10,14,17,28-29H,11-13,15-16H2,1-2H3. The Labute approximate surface area is 180 Å². The van der Waals surface area contributed by atoms with E-state index in [1.807, 2.05) is 30.5 Å². The van der Waals surface area contributed by atoms with Gasteiger partial charge in [-0.1, -0.05) is 44.2 Å². The molecule has 0 saturated carbocycles. The van der Waals surface area contributed by atoms with Crippen molar-refractivity contribution in [2.75, 3.05) is 19.6 Å². The number of halogens is 3. The van der Waals surface area contributed by atoms with Crippen molar-refractivity contribution >= 4 is 16.8 Å². The number of H-pyrrole nitrogens is 1. The summed E-state index contributed by atoms with van der Waals surface area (Å²) in [7, 11) is 0. The zero-order valence-electron chi connectivity index (χ0n) is 17.8. The van der Waals surface area contributed by atoms with Gasteiger partial charge in [-0.05, 0) is 48.2 Å². The van der Waals surface area contributed by atoms with Gasteiger partial charge in [-0.2, -0.15) is 13.2 Å². The lowest BCUT2D eigenvalue weighted by molar-refractivity contribution is -0.137. The minimum Gasteiger partial charge on any atom is -0.361 e. The third-order valence-corrected chi connectivity index (χ3v) is 5.16. The number of carbonyl (C=O) groups excluding carboxylic acids is 1. The largest absolute Gasteiger partial charge is 0.416 e. The molecule has 0 bridgehead atoms. The number of aromatic amines is 1. The maximum Gasteiger partial charge on any atom is 0.416 e. The molecule has 1 heterocycles. The predicted octanol–water partition coefficient (Wildman–Crippen LogP) is 5.00.